The van der Waals surface area contributed by atoms with E-state index in [0.29, 0.717) is 22.3 Å². The Balaban J connectivity index is 2.38. The molecule has 0 atom stereocenters. The predicted octanol–water partition coefficient (Wildman–Crippen LogP) is 2.51. The summed E-state index contributed by atoms with van der Waals surface area (Å²) in [6.45, 7) is 0. The summed E-state index contributed by atoms with van der Waals surface area (Å²) in [7, 11) is 0. The fourth-order valence-corrected chi connectivity index (χ4v) is 1.75. The molecule has 0 aliphatic rings. The van der Waals surface area contributed by atoms with Gasteiger partial charge in [-0.05, 0) is 35.4 Å². The molecule has 0 aliphatic heterocycles. The minimum absolute atomic E-state index is 0.503. The fraction of sp³-hybridized carbons (Fsp3) is 0.0667. The van der Waals surface area contributed by atoms with Gasteiger partial charge >= 0.3 is 0 Å². The molecular weight excluding hydrogens is 224 g/mol. The van der Waals surface area contributed by atoms with Crippen molar-refractivity contribution in [3.63, 3.8) is 0 Å². The lowest BCUT2D eigenvalue weighted by molar-refractivity contribution is 0.220. The zero-order valence-corrected chi connectivity index (χ0v) is 9.54. The van der Waals surface area contributed by atoms with Crippen molar-refractivity contribution >= 4 is 0 Å². The monoisotopic (exact) mass is 234 g/mol. The first kappa shape index (κ1) is 11.9. The van der Waals surface area contributed by atoms with Gasteiger partial charge in [-0.25, -0.2) is 0 Å². The van der Waals surface area contributed by atoms with E-state index >= 15 is 0 Å². The summed E-state index contributed by atoms with van der Waals surface area (Å²) in [5, 5.41) is 27.9. The van der Waals surface area contributed by atoms with E-state index in [9.17, 15) is 5.11 Å². The lowest BCUT2D eigenvalue weighted by atomic mass is 9.99. The van der Waals surface area contributed by atoms with E-state index in [1.807, 2.05) is 12.1 Å². The van der Waals surface area contributed by atoms with Crippen LogP contribution < -0.4 is 0 Å². The Morgan fingerprint density at radius 1 is 0.833 bits per heavy atom. The molecule has 1 N–H and O–H groups in total. The molecule has 3 heteroatoms. The number of nitriles is 2. The molecule has 3 nitrogen and oxygen atoms in total. The SMILES string of the molecule is N#Cc1cccc(C(O)c2cccc(C#N)c2)c1. The first-order valence-electron chi connectivity index (χ1n) is 5.43. The van der Waals surface area contributed by atoms with E-state index in [2.05, 4.69) is 0 Å². The number of rotatable bonds is 2. The fourth-order valence-electron chi connectivity index (χ4n) is 1.75. The van der Waals surface area contributed by atoms with Crippen molar-refractivity contribution in [1.82, 2.24) is 0 Å². The topological polar surface area (TPSA) is 67.8 Å². The second kappa shape index (κ2) is 5.14. The molecule has 0 aromatic heterocycles. The average Bonchev–Trinajstić information content (AvgIpc) is 2.46. The van der Waals surface area contributed by atoms with Crippen LogP contribution in [0, 0.1) is 22.7 Å². The number of hydrogen-bond donors (Lipinski definition) is 1. The molecule has 0 saturated heterocycles. The van der Waals surface area contributed by atoms with Gasteiger partial charge in [0.25, 0.3) is 0 Å². The molecule has 0 saturated carbocycles. The summed E-state index contributed by atoms with van der Waals surface area (Å²) in [6.07, 6.45) is -0.827. The van der Waals surface area contributed by atoms with Crippen molar-refractivity contribution < 1.29 is 5.11 Å². The summed E-state index contributed by atoms with van der Waals surface area (Å²) in [5.74, 6) is 0. The minimum Gasteiger partial charge on any atom is -0.384 e. The average molecular weight is 234 g/mol. The maximum absolute atomic E-state index is 10.2. The molecule has 0 spiro atoms. The summed E-state index contributed by atoms with van der Waals surface area (Å²) in [5.41, 5.74) is 2.29. The molecule has 0 heterocycles. The Labute approximate surface area is 105 Å². The van der Waals surface area contributed by atoms with Crippen LogP contribution in [0.25, 0.3) is 0 Å². The van der Waals surface area contributed by atoms with Gasteiger partial charge in [0.2, 0.25) is 0 Å². The predicted molar refractivity (Wildman–Crippen MR) is 66.4 cm³/mol. The van der Waals surface area contributed by atoms with Gasteiger partial charge < -0.3 is 5.11 Å². The molecule has 18 heavy (non-hydrogen) atoms. The minimum atomic E-state index is -0.827. The van der Waals surface area contributed by atoms with Crippen LogP contribution in [0.1, 0.15) is 28.4 Å². The zero-order valence-electron chi connectivity index (χ0n) is 9.54. The van der Waals surface area contributed by atoms with Crippen LogP contribution in [0.3, 0.4) is 0 Å². The van der Waals surface area contributed by atoms with E-state index in [1.54, 1.807) is 48.5 Å². The zero-order chi connectivity index (χ0) is 13.0. The molecule has 86 valence electrons. The lowest BCUT2D eigenvalue weighted by Gasteiger charge is -2.11. The summed E-state index contributed by atoms with van der Waals surface area (Å²) in [6, 6.07) is 17.7. The summed E-state index contributed by atoms with van der Waals surface area (Å²) >= 11 is 0. The first-order valence-corrected chi connectivity index (χ1v) is 5.43. The molecule has 0 radical (unpaired) electrons. The molecular formula is C15H10N2O. The standard InChI is InChI=1S/C15H10N2O/c16-9-11-3-1-5-13(7-11)15(18)14-6-2-4-12(8-14)10-17/h1-8,15,18H. The number of benzene rings is 2. The second-order valence-electron chi connectivity index (χ2n) is 3.88. The Kier molecular flexibility index (Phi) is 3.38. The Hall–Kier alpha value is -2.62. The summed E-state index contributed by atoms with van der Waals surface area (Å²) in [4.78, 5) is 0. The van der Waals surface area contributed by atoms with Gasteiger partial charge in [-0.2, -0.15) is 10.5 Å². The molecule has 0 bridgehead atoms. The van der Waals surface area contributed by atoms with Crippen LogP contribution in [-0.2, 0) is 0 Å². The Morgan fingerprint density at radius 3 is 1.67 bits per heavy atom. The highest BCUT2D eigenvalue weighted by Gasteiger charge is 2.11. The van der Waals surface area contributed by atoms with Gasteiger partial charge in [-0.15, -0.1) is 0 Å². The van der Waals surface area contributed by atoms with Gasteiger partial charge in [-0.3, -0.25) is 0 Å². The van der Waals surface area contributed by atoms with Crippen molar-refractivity contribution in [2.75, 3.05) is 0 Å². The van der Waals surface area contributed by atoms with E-state index in [4.69, 9.17) is 10.5 Å². The first-order chi connectivity index (χ1) is 8.74. The van der Waals surface area contributed by atoms with Crippen molar-refractivity contribution in [2.45, 2.75) is 6.10 Å². The Bertz CT molecular complexity index is 593. The molecule has 0 unspecified atom stereocenters. The van der Waals surface area contributed by atoms with Gasteiger partial charge in [0.05, 0.1) is 23.3 Å². The molecule has 0 amide bonds. The van der Waals surface area contributed by atoms with Crippen LogP contribution in [-0.4, -0.2) is 5.11 Å². The molecule has 2 rings (SSSR count). The number of aliphatic hydroxyl groups is 1. The highest BCUT2D eigenvalue weighted by atomic mass is 16.3. The second-order valence-corrected chi connectivity index (χ2v) is 3.88. The summed E-state index contributed by atoms with van der Waals surface area (Å²) < 4.78 is 0. The third-order valence-electron chi connectivity index (χ3n) is 2.66. The lowest BCUT2D eigenvalue weighted by Crippen LogP contribution is -2.00. The van der Waals surface area contributed by atoms with Gasteiger partial charge in [-0.1, -0.05) is 24.3 Å². The molecule has 0 fully saturated rings. The van der Waals surface area contributed by atoms with E-state index in [1.165, 1.54) is 0 Å². The van der Waals surface area contributed by atoms with Gasteiger partial charge in [0.15, 0.2) is 0 Å². The largest absolute Gasteiger partial charge is 0.384 e. The van der Waals surface area contributed by atoms with Crippen LogP contribution in [0.5, 0.6) is 0 Å². The van der Waals surface area contributed by atoms with Gasteiger partial charge in [0.1, 0.15) is 6.10 Å². The normalized spacial score (nSPS) is 9.78. The van der Waals surface area contributed by atoms with Crippen LogP contribution >= 0.6 is 0 Å². The van der Waals surface area contributed by atoms with E-state index in [-0.39, 0.29) is 0 Å². The van der Waals surface area contributed by atoms with E-state index in [0.717, 1.165) is 0 Å². The molecule has 2 aromatic rings. The number of hydrogen-bond acceptors (Lipinski definition) is 3. The van der Waals surface area contributed by atoms with Crippen molar-refractivity contribution in [3.8, 4) is 12.1 Å². The third-order valence-corrected chi connectivity index (χ3v) is 2.66. The molecule has 2 aromatic carbocycles. The molecule has 0 aliphatic carbocycles. The van der Waals surface area contributed by atoms with Crippen LogP contribution in [0.2, 0.25) is 0 Å². The third kappa shape index (κ3) is 2.38. The maximum Gasteiger partial charge on any atom is 0.104 e. The number of aliphatic hydroxyl groups excluding tert-OH is 1. The highest BCUT2D eigenvalue weighted by Crippen LogP contribution is 2.23. The smallest absolute Gasteiger partial charge is 0.104 e. The quantitative estimate of drug-likeness (QED) is 0.868. The Morgan fingerprint density at radius 2 is 1.28 bits per heavy atom. The van der Waals surface area contributed by atoms with Crippen molar-refractivity contribution in [1.29, 1.82) is 10.5 Å². The van der Waals surface area contributed by atoms with E-state index < -0.39 is 6.10 Å². The van der Waals surface area contributed by atoms with Crippen molar-refractivity contribution in [2.24, 2.45) is 0 Å². The maximum atomic E-state index is 10.2. The number of nitrogens with zero attached hydrogens (tertiary/aromatic N) is 2. The van der Waals surface area contributed by atoms with Crippen LogP contribution in [0.4, 0.5) is 0 Å². The van der Waals surface area contributed by atoms with Gasteiger partial charge in [0, 0.05) is 0 Å². The van der Waals surface area contributed by atoms with Crippen LogP contribution in [0.15, 0.2) is 48.5 Å². The highest BCUT2D eigenvalue weighted by molar-refractivity contribution is 5.40. The van der Waals surface area contributed by atoms with Crippen molar-refractivity contribution in [3.05, 3.63) is 70.8 Å².